The Hall–Kier alpha value is -1.43. The molecule has 0 bridgehead atoms. The van der Waals surface area contributed by atoms with E-state index in [4.69, 9.17) is 0 Å². The monoisotopic (exact) mass is 350 g/mol. The molecule has 1 aliphatic rings. The van der Waals surface area contributed by atoms with Crippen LogP contribution in [-0.2, 0) is 0 Å². The van der Waals surface area contributed by atoms with Crippen molar-refractivity contribution in [3.8, 4) is 0 Å². The van der Waals surface area contributed by atoms with Crippen LogP contribution >= 0.6 is 15.9 Å². The van der Waals surface area contributed by atoms with Crippen LogP contribution in [0.1, 0.15) is 43.0 Å². The molecule has 112 valence electrons. The summed E-state index contributed by atoms with van der Waals surface area (Å²) >= 11 is 3.59. The Morgan fingerprint density at radius 1 is 1.57 bits per heavy atom. The minimum Gasteiger partial charge on any atom is -0.346 e. The maximum absolute atomic E-state index is 12.6. The fourth-order valence-electron chi connectivity index (χ4n) is 3.25. The highest BCUT2D eigenvalue weighted by Crippen LogP contribution is 2.34. The number of hydrogen-bond donors (Lipinski definition) is 1. The Balaban J connectivity index is 1.85. The van der Waals surface area contributed by atoms with Crippen molar-refractivity contribution in [2.75, 3.05) is 5.33 Å². The maximum Gasteiger partial charge on any atom is 0.255 e. The summed E-state index contributed by atoms with van der Waals surface area (Å²) in [7, 11) is 0. The topological polar surface area (TPSA) is 59.3 Å². The highest BCUT2D eigenvalue weighted by molar-refractivity contribution is 9.09. The van der Waals surface area contributed by atoms with E-state index >= 15 is 0 Å². The predicted molar refractivity (Wildman–Crippen MR) is 84.6 cm³/mol. The molecule has 5 nitrogen and oxygen atoms in total. The fraction of sp³-hybridized carbons (Fsp3) is 0.533. The van der Waals surface area contributed by atoms with E-state index in [0.29, 0.717) is 11.5 Å². The molecule has 2 atom stereocenters. The Morgan fingerprint density at radius 3 is 3.19 bits per heavy atom. The number of rotatable bonds is 3. The minimum atomic E-state index is -0.148. The van der Waals surface area contributed by atoms with E-state index in [-0.39, 0.29) is 11.4 Å². The van der Waals surface area contributed by atoms with Crippen molar-refractivity contribution in [1.82, 2.24) is 19.9 Å². The summed E-state index contributed by atoms with van der Waals surface area (Å²) in [6.07, 6.45) is 11.1. The van der Waals surface area contributed by atoms with Crippen molar-refractivity contribution < 1.29 is 4.79 Å². The molecule has 1 amide bonds. The van der Waals surface area contributed by atoms with Gasteiger partial charge in [-0.3, -0.25) is 9.78 Å². The number of fused-ring (bicyclic) bond motifs is 1. The molecule has 2 aromatic rings. The van der Waals surface area contributed by atoms with E-state index in [1.54, 1.807) is 29.3 Å². The van der Waals surface area contributed by atoms with Crippen LogP contribution in [0.25, 0.3) is 5.52 Å². The summed E-state index contributed by atoms with van der Waals surface area (Å²) in [6.45, 7) is 2.25. The summed E-state index contributed by atoms with van der Waals surface area (Å²) in [5, 5.41) is 8.23. The molecule has 0 saturated heterocycles. The molecular formula is C15H19BrN4O. The number of nitrogens with one attached hydrogen (secondary N) is 1. The minimum absolute atomic E-state index is 0.0634. The van der Waals surface area contributed by atoms with Crippen LogP contribution in [-0.4, -0.2) is 31.4 Å². The number of carbonyl (C=O) groups excluding carboxylic acids is 1. The molecule has 1 fully saturated rings. The summed E-state index contributed by atoms with van der Waals surface area (Å²) in [6, 6.07) is 0. The summed E-state index contributed by atoms with van der Waals surface area (Å²) < 4.78 is 1.67. The van der Waals surface area contributed by atoms with Gasteiger partial charge in [0.15, 0.2) is 0 Å². The van der Waals surface area contributed by atoms with Gasteiger partial charge in [0.1, 0.15) is 0 Å². The number of alkyl halides is 1. The van der Waals surface area contributed by atoms with Crippen molar-refractivity contribution in [3.63, 3.8) is 0 Å². The van der Waals surface area contributed by atoms with Gasteiger partial charge in [-0.1, -0.05) is 35.7 Å². The zero-order chi connectivity index (χ0) is 14.9. The lowest BCUT2D eigenvalue weighted by Gasteiger charge is -2.39. The largest absolute Gasteiger partial charge is 0.346 e. The molecule has 1 saturated carbocycles. The third-order valence-corrected chi connectivity index (χ3v) is 5.37. The lowest BCUT2D eigenvalue weighted by Crippen LogP contribution is -2.52. The number of carbonyl (C=O) groups is 1. The zero-order valence-electron chi connectivity index (χ0n) is 12.1. The first-order valence-electron chi connectivity index (χ1n) is 7.29. The standard InChI is InChI=1S/C15H19BrN4O/c1-11-3-2-4-15(7-11,10-16)19-14(21)12-8-18-20-6-5-17-9-13(12)20/h5-6,8-9,11H,2-4,7,10H2,1H3,(H,19,21). The average Bonchev–Trinajstić information content (AvgIpc) is 2.91. The van der Waals surface area contributed by atoms with Crippen LogP contribution in [0.5, 0.6) is 0 Å². The second-order valence-corrected chi connectivity index (χ2v) is 6.59. The van der Waals surface area contributed by atoms with E-state index < -0.39 is 0 Å². The van der Waals surface area contributed by atoms with E-state index in [1.807, 2.05) is 0 Å². The van der Waals surface area contributed by atoms with Crippen LogP contribution in [0.3, 0.4) is 0 Å². The smallest absolute Gasteiger partial charge is 0.255 e. The van der Waals surface area contributed by atoms with Crippen LogP contribution in [0, 0.1) is 5.92 Å². The van der Waals surface area contributed by atoms with Crippen molar-refractivity contribution in [2.24, 2.45) is 5.92 Å². The molecule has 2 heterocycles. The number of nitrogens with zero attached hydrogens (tertiary/aromatic N) is 3. The van der Waals surface area contributed by atoms with Gasteiger partial charge >= 0.3 is 0 Å². The summed E-state index contributed by atoms with van der Waals surface area (Å²) in [5.41, 5.74) is 1.18. The van der Waals surface area contributed by atoms with Crippen molar-refractivity contribution >= 4 is 27.4 Å². The van der Waals surface area contributed by atoms with Gasteiger partial charge in [0.2, 0.25) is 0 Å². The first kappa shape index (κ1) is 14.5. The lowest BCUT2D eigenvalue weighted by atomic mass is 9.77. The van der Waals surface area contributed by atoms with Gasteiger partial charge in [0.05, 0.1) is 29.0 Å². The number of amides is 1. The highest BCUT2D eigenvalue weighted by atomic mass is 79.9. The quantitative estimate of drug-likeness (QED) is 0.865. The molecule has 1 aliphatic carbocycles. The van der Waals surface area contributed by atoms with Crippen molar-refractivity contribution in [1.29, 1.82) is 0 Å². The molecule has 0 spiro atoms. The first-order chi connectivity index (χ1) is 10.1. The van der Waals surface area contributed by atoms with Crippen LogP contribution < -0.4 is 5.32 Å². The SMILES string of the molecule is CC1CCCC(CBr)(NC(=O)c2cnn3ccncc23)C1. The molecular weight excluding hydrogens is 332 g/mol. The van der Waals surface area contributed by atoms with Gasteiger partial charge in [0, 0.05) is 17.7 Å². The fourth-order valence-corrected chi connectivity index (χ4v) is 3.90. The summed E-state index contributed by atoms with van der Waals surface area (Å²) in [4.78, 5) is 16.7. The van der Waals surface area contributed by atoms with Gasteiger partial charge in [-0.15, -0.1) is 0 Å². The molecule has 21 heavy (non-hydrogen) atoms. The lowest BCUT2D eigenvalue weighted by molar-refractivity contribution is 0.0871. The summed E-state index contributed by atoms with van der Waals surface area (Å²) in [5.74, 6) is 0.578. The Bertz CT molecular complexity index is 656. The first-order valence-corrected chi connectivity index (χ1v) is 8.41. The Kier molecular flexibility index (Phi) is 3.97. The third-order valence-electron chi connectivity index (χ3n) is 4.30. The number of hydrogen-bond acceptors (Lipinski definition) is 3. The van der Waals surface area contributed by atoms with Gasteiger partial charge in [0.25, 0.3) is 5.91 Å². The Labute approximate surface area is 132 Å². The van der Waals surface area contributed by atoms with Crippen LogP contribution in [0.2, 0.25) is 0 Å². The average molecular weight is 351 g/mol. The molecule has 0 aliphatic heterocycles. The van der Waals surface area contributed by atoms with Gasteiger partial charge in [-0.2, -0.15) is 5.10 Å². The van der Waals surface area contributed by atoms with Crippen LogP contribution in [0.4, 0.5) is 0 Å². The maximum atomic E-state index is 12.6. The van der Waals surface area contributed by atoms with Crippen molar-refractivity contribution in [3.05, 3.63) is 30.4 Å². The van der Waals surface area contributed by atoms with E-state index in [9.17, 15) is 4.79 Å². The molecule has 6 heteroatoms. The van der Waals surface area contributed by atoms with E-state index in [1.165, 1.54) is 6.42 Å². The molecule has 2 aromatic heterocycles. The third kappa shape index (κ3) is 2.81. The van der Waals surface area contributed by atoms with Crippen LogP contribution in [0.15, 0.2) is 24.8 Å². The molecule has 3 rings (SSSR count). The normalized spacial score (nSPS) is 25.9. The predicted octanol–water partition coefficient (Wildman–Crippen LogP) is 2.80. The zero-order valence-corrected chi connectivity index (χ0v) is 13.6. The second-order valence-electron chi connectivity index (χ2n) is 6.03. The Morgan fingerprint density at radius 2 is 2.43 bits per heavy atom. The highest BCUT2D eigenvalue weighted by Gasteiger charge is 2.36. The number of halogens is 1. The van der Waals surface area contributed by atoms with Gasteiger partial charge < -0.3 is 5.32 Å². The molecule has 1 N–H and O–H groups in total. The molecule has 0 aromatic carbocycles. The number of aromatic nitrogens is 3. The van der Waals surface area contributed by atoms with E-state index in [0.717, 1.165) is 30.1 Å². The van der Waals surface area contributed by atoms with Gasteiger partial charge in [-0.25, -0.2) is 4.52 Å². The molecule has 2 unspecified atom stereocenters. The van der Waals surface area contributed by atoms with Gasteiger partial charge in [-0.05, 0) is 18.8 Å². The second kappa shape index (κ2) is 5.75. The van der Waals surface area contributed by atoms with E-state index in [2.05, 4.69) is 38.3 Å². The van der Waals surface area contributed by atoms with Crippen molar-refractivity contribution in [2.45, 2.75) is 38.1 Å². The molecule has 0 radical (unpaired) electrons.